The number of hydrogen-bond acceptors (Lipinski definition) is 2. The van der Waals surface area contributed by atoms with Crippen molar-refractivity contribution in [3.8, 4) is 0 Å². The molecule has 0 aliphatic rings. The van der Waals surface area contributed by atoms with Crippen LogP contribution < -0.4 is 0 Å². The van der Waals surface area contributed by atoms with Crippen molar-refractivity contribution in [3.63, 3.8) is 0 Å². The Balaban J connectivity index is 2.89. The van der Waals surface area contributed by atoms with E-state index in [0.717, 1.165) is 5.56 Å². The first-order valence-electron chi connectivity index (χ1n) is 4.74. The maximum Gasteiger partial charge on any atom is 0.321 e. The van der Waals surface area contributed by atoms with Crippen LogP contribution in [-0.4, -0.2) is 36.1 Å². The molecule has 0 bridgehead atoms. The molecule has 5 heteroatoms. The van der Waals surface area contributed by atoms with Crippen molar-refractivity contribution in [1.82, 2.24) is 4.90 Å². The largest absolute Gasteiger partial charge is 0.480 e. The van der Waals surface area contributed by atoms with E-state index in [-0.39, 0.29) is 0 Å². The fourth-order valence-corrected chi connectivity index (χ4v) is 2.01. The zero-order chi connectivity index (χ0) is 12.3. The molecule has 1 rings (SSSR count). The van der Waals surface area contributed by atoms with Gasteiger partial charge in [-0.3, -0.25) is 9.69 Å². The third-order valence-corrected chi connectivity index (χ3v) is 2.70. The molecule has 1 N–H and O–H groups in total. The Kier molecular flexibility index (Phi) is 4.59. The van der Waals surface area contributed by atoms with E-state index in [1.165, 1.54) is 0 Å². The summed E-state index contributed by atoms with van der Waals surface area (Å²) in [6, 6.07) is 4.51. The van der Waals surface area contributed by atoms with Crippen LogP contribution in [0.2, 0.25) is 10.0 Å². The molecule has 0 spiro atoms. The van der Waals surface area contributed by atoms with Gasteiger partial charge in [0.1, 0.15) is 6.04 Å². The van der Waals surface area contributed by atoms with E-state index in [9.17, 15) is 4.79 Å². The van der Waals surface area contributed by atoms with Gasteiger partial charge in [-0.05, 0) is 44.3 Å². The highest BCUT2D eigenvalue weighted by molar-refractivity contribution is 6.34. The topological polar surface area (TPSA) is 40.5 Å². The van der Waals surface area contributed by atoms with Crippen LogP contribution in [0.5, 0.6) is 0 Å². The van der Waals surface area contributed by atoms with Crippen LogP contribution >= 0.6 is 23.2 Å². The Morgan fingerprint density at radius 2 is 1.81 bits per heavy atom. The number of carboxylic acids is 1. The van der Waals surface area contributed by atoms with Crippen molar-refractivity contribution in [2.75, 3.05) is 14.1 Å². The molecule has 1 unspecified atom stereocenters. The number of aliphatic carboxylic acids is 1. The monoisotopic (exact) mass is 261 g/mol. The Hall–Kier alpha value is -0.770. The number of halogens is 2. The fraction of sp³-hybridized carbons (Fsp3) is 0.364. The van der Waals surface area contributed by atoms with Gasteiger partial charge in [-0.1, -0.05) is 23.2 Å². The molecule has 0 saturated heterocycles. The minimum absolute atomic E-state index is 0.378. The average molecular weight is 262 g/mol. The molecule has 1 atom stereocenters. The average Bonchev–Trinajstić information content (AvgIpc) is 2.11. The summed E-state index contributed by atoms with van der Waals surface area (Å²) in [5, 5.41) is 10.1. The second kappa shape index (κ2) is 5.53. The number of hydrogen-bond donors (Lipinski definition) is 1. The van der Waals surface area contributed by atoms with Gasteiger partial charge in [-0.15, -0.1) is 0 Å². The van der Waals surface area contributed by atoms with E-state index in [1.54, 1.807) is 37.2 Å². The molecular weight excluding hydrogens is 249 g/mol. The number of carboxylic acid groups (broad SMARTS) is 1. The Morgan fingerprint density at radius 1 is 1.31 bits per heavy atom. The number of likely N-dealkylation sites (N-methyl/N-ethyl adjacent to an activating group) is 1. The van der Waals surface area contributed by atoms with Gasteiger partial charge >= 0.3 is 5.97 Å². The Bertz CT molecular complexity index is 373. The van der Waals surface area contributed by atoms with Crippen molar-refractivity contribution in [2.45, 2.75) is 12.5 Å². The summed E-state index contributed by atoms with van der Waals surface area (Å²) >= 11 is 11.7. The van der Waals surface area contributed by atoms with Gasteiger partial charge < -0.3 is 5.11 Å². The van der Waals surface area contributed by atoms with Gasteiger partial charge in [-0.25, -0.2) is 0 Å². The lowest BCUT2D eigenvalue weighted by Crippen LogP contribution is -2.37. The number of benzene rings is 1. The molecule has 16 heavy (non-hydrogen) atoms. The summed E-state index contributed by atoms with van der Waals surface area (Å²) in [6.45, 7) is 0. The van der Waals surface area contributed by atoms with Gasteiger partial charge in [0.2, 0.25) is 0 Å². The predicted octanol–water partition coefficient (Wildman–Crippen LogP) is 2.55. The zero-order valence-electron chi connectivity index (χ0n) is 9.08. The maximum absolute atomic E-state index is 11.0. The van der Waals surface area contributed by atoms with Crippen LogP contribution in [0.15, 0.2) is 18.2 Å². The second-order valence-electron chi connectivity index (χ2n) is 3.80. The van der Waals surface area contributed by atoms with Crippen molar-refractivity contribution in [3.05, 3.63) is 33.8 Å². The lowest BCUT2D eigenvalue weighted by molar-refractivity contribution is -0.142. The van der Waals surface area contributed by atoms with Crippen molar-refractivity contribution < 1.29 is 9.90 Å². The van der Waals surface area contributed by atoms with Gasteiger partial charge in [-0.2, -0.15) is 0 Å². The number of nitrogens with zero attached hydrogens (tertiary/aromatic N) is 1. The molecule has 0 heterocycles. The summed E-state index contributed by atoms with van der Waals surface area (Å²) in [5.74, 6) is -0.860. The maximum atomic E-state index is 11.0. The molecular formula is C11H13Cl2NO2. The smallest absolute Gasteiger partial charge is 0.321 e. The fourth-order valence-electron chi connectivity index (χ4n) is 1.44. The normalized spacial score (nSPS) is 12.8. The lowest BCUT2D eigenvalue weighted by Gasteiger charge is -2.20. The van der Waals surface area contributed by atoms with Crippen LogP contribution in [-0.2, 0) is 11.2 Å². The first-order valence-corrected chi connectivity index (χ1v) is 5.50. The minimum atomic E-state index is -0.860. The van der Waals surface area contributed by atoms with Crippen LogP contribution in [0.3, 0.4) is 0 Å². The summed E-state index contributed by atoms with van der Waals surface area (Å²) in [5.41, 5.74) is 0.818. The lowest BCUT2D eigenvalue weighted by atomic mass is 10.1. The van der Waals surface area contributed by atoms with Crippen LogP contribution in [0.1, 0.15) is 5.56 Å². The molecule has 0 aliphatic carbocycles. The molecule has 0 saturated carbocycles. The van der Waals surface area contributed by atoms with E-state index in [1.807, 2.05) is 0 Å². The Labute approximate surface area is 105 Å². The molecule has 88 valence electrons. The van der Waals surface area contributed by atoms with Crippen molar-refractivity contribution in [1.29, 1.82) is 0 Å². The summed E-state index contributed by atoms with van der Waals surface area (Å²) in [4.78, 5) is 12.7. The molecule has 0 aromatic heterocycles. The molecule has 1 aromatic carbocycles. The van der Waals surface area contributed by atoms with Crippen LogP contribution in [0, 0.1) is 0 Å². The summed E-state index contributed by atoms with van der Waals surface area (Å²) in [7, 11) is 3.45. The van der Waals surface area contributed by atoms with Crippen LogP contribution in [0.4, 0.5) is 0 Å². The predicted molar refractivity (Wildman–Crippen MR) is 65.3 cm³/mol. The van der Waals surface area contributed by atoms with E-state index >= 15 is 0 Å². The third kappa shape index (κ3) is 3.67. The van der Waals surface area contributed by atoms with Crippen molar-refractivity contribution in [2.24, 2.45) is 0 Å². The molecule has 0 fully saturated rings. The molecule has 1 aromatic rings. The minimum Gasteiger partial charge on any atom is -0.480 e. The molecule has 3 nitrogen and oxygen atoms in total. The van der Waals surface area contributed by atoms with Crippen LogP contribution in [0.25, 0.3) is 0 Å². The van der Waals surface area contributed by atoms with Gasteiger partial charge in [0.15, 0.2) is 0 Å². The van der Waals surface area contributed by atoms with E-state index < -0.39 is 12.0 Å². The Morgan fingerprint density at radius 3 is 2.19 bits per heavy atom. The zero-order valence-corrected chi connectivity index (χ0v) is 10.6. The first kappa shape index (κ1) is 13.3. The molecule has 0 radical (unpaired) electrons. The van der Waals surface area contributed by atoms with Gasteiger partial charge in [0.25, 0.3) is 0 Å². The van der Waals surface area contributed by atoms with Crippen molar-refractivity contribution >= 4 is 29.2 Å². The summed E-state index contributed by atoms with van der Waals surface area (Å²) in [6.07, 6.45) is 0.378. The highest BCUT2D eigenvalue weighted by Gasteiger charge is 2.20. The SMILES string of the molecule is CN(C)C(Cc1cc(Cl)cc(Cl)c1)C(=O)O. The number of rotatable bonds is 4. The van der Waals surface area contributed by atoms with E-state index in [4.69, 9.17) is 28.3 Å². The molecule has 0 aliphatic heterocycles. The van der Waals surface area contributed by atoms with E-state index in [2.05, 4.69) is 0 Å². The number of carbonyl (C=O) groups is 1. The second-order valence-corrected chi connectivity index (χ2v) is 4.67. The summed E-state index contributed by atoms with van der Waals surface area (Å²) < 4.78 is 0. The van der Waals surface area contributed by atoms with Gasteiger partial charge in [0.05, 0.1) is 0 Å². The third-order valence-electron chi connectivity index (χ3n) is 2.26. The first-order chi connectivity index (χ1) is 7.40. The van der Waals surface area contributed by atoms with E-state index in [0.29, 0.717) is 16.5 Å². The quantitative estimate of drug-likeness (QED) is 0.906. The standard InChI is InChI=1S/C11H13Cl2NO2/c1-14(2)10(11(15)16)5-7-3-8(12)6-9(13)4-7/h3-4,6,10H,5H2,1-2H3,(H,15,16). The highest BCUT2D eigenvalue weighted by atomic mass is 35.5. The van der Waals surface area contributed by atoms with Gasteiger partial charge in [0, 0.05) is 10.0 Å². The highest BCUT2D eigenvalue weighted by Crippen LogP contribution is 2.20. The molecule has 0 amide bonds.